The van der Waals surface area contributed by atoms with Crippen LogP contribution in [0.2, 0.25) is 0 Å². The Morgan fingerprint density at radius 3 is 2.14 bits per heavy atom. The summed E-state index contributed by atoms with van der Waals surface area (Å²) in [4.78, 5) is 0. The molecule has 0 saturated heterocycles. The molecule has 0 amide bonds. The average Bonchev–Trinajstić information content (AvgIpc) is 2.30. The molecule has 1 aromatic carbocycles. The van der Waals surface area contributed by atoms with E-state index in [2.05, 4.69) is 15.4 Å². The third-order valence-electron chi connectivity index (χ3n) is 1.92. The van der Waals surface area contributed by atoms with E-state index in [1.54, 1.807) is 19.5 Å². The Kier molecular flexibility index (Phi) is 2.36. The Morgan fingerprint density at radius 1 is 0.929 bits per heavy atom. The molecule has 1 aromatic heterocycles. The van der Waals surface area contributed by atoms with E-state index < -0.39 is 0 Å². The lowest BCUT2D eigenvalue weighted by molar-refractivity contribution is 0.415. The second kappa shape index (κ2) is 3.83. The van der Waals surface area contributed by atoms with E-state index in [1.165, 1.54) is 0 Å². The Bertz CT molecular complexity index is 399. The normalized spacial score (nSPS) is 9.79. The molecule has 0 aliphatic carbocycles. The maximum atomic E-state index is 5.06. The number of methoxy groups -OCH3 is 1. The molecule has 2 aromatic rings. The van der Waals surface area contributed by atoms with Crippen LogP contribution in [-0.4, -0.2) is 22.5 Å². The van der Waals surface area contributed by atoms with E-state index in [4.69, 9.17) is 4.74 Å². The number of ether oxygens (including phenoxy) is 1. The zero-order valence-corrected chi connectivity index (χ0v) is 7.71. The van der Waals surface area contributed by atoms with Crippen LogP contribution >= 0.6 is 0 Å². The SMILES string of the molecule is COc1ccc(-c2cnnnc2)cc1. The molecule has 0 aliphatic heterocycles. The van der Waals surface area contributed by atoms with Crippen LogP contribution in [0.25, 0.3) is 11.1 Å². The summed E-state index contributed by atoms with van der Waals surface area (Å²) in [5.41, 5.74) is 2.00. The largest absolute Gasteiger partial charge is 0.497 e. The number of aromatic nitrogens is 3. The van der Waals surface area contributed by atoms with Gasteiger partial charge in [0.1, 0.15) is 5.75 Å². The fourth-order valence-corrected chi connectivity index (χ4v) is 1.17. The van der Waals surface area contributed by atoms with Gasteiger partial charge in [-0.15, -0.1) is 10.2 Å². The van der Waals surface area contributed by atoms with Gasteiger partial charge in [0.25, 0.3) is 0 Å². The Labute approximate surface area is 81.6 Å². The topological polar surface area (TPSA) is 47.9 Å². The minimum atomic E-state index is 0.837. The summed E-state index contributed by atoms with van der Waals surface area (Å²) in [6, 6.07) is 7.71. The van der Waals surface area contributed by atoms with Gasteiger partial charge in [0.15, 0.2) is 0 Å². The van der Waals surface area contributed by atoms with E-state index in [1.807, 2.05) is 24.3 Å². The summed E-state index contributed by atoms with van der Waals surface area (Å²) < 4.78 is 5.06. The molecule has 0 spiro atoms. The van der Waals surface area contributed by atoms with E-state index in [-0.39, 0.29) is 0 Å². The number of nitrogens with zero attached hydrogens (tertiary/aromatic N) is 3. The third-order valence-corrected chi connectivity index (χ3v) is 1.92. The van der Waals surface area contributed by atoms with Gasteiger partial charge in [0, 0.05) is 5.56 Å². The van der Waals surface area contributed by atoms with E-state index >= 15 is 0 Å². The van der Waals surface area contributed by atoms with Gasteiger partial charge < -0.3 is 4.74 Å². The van der Waals surface area contributed by atoms with Gasteiger partial charge in [0.2, 0.25) is 0 Å². The zero-order valence-electron chi connectivity index (χ0n) is 7.71. The molecular weight excluding hydrogens is 178 g/mol. The Hall–Kier alpha value is -1.97. The van der Waals surface area contributed by atoms with Crippen LogP contribution in [0.5, 0.6) is 5.75 Å². The second-order valence-corrected chi connectivity index (χ2v) is 2.76. The molecule has 14 heavy (non-hydrogen) atoms. The van der Waals surface area contributed by atoms with Gasteiger partial charge in [-0.25, -0.2) is 0 Å². The first-order valence-electron chi connectivity index (χ1n) is 4.18. The first-order valence-corrected chi connectivity index (χ1v) is 4.18. The van der Waals surface area contributed by atoms with Crippen molar-refractivity contribution in [1.29, 1.82) is 0 Å². The minimum Gasteiger partial charge on any atom is -0.497 e. The van der Waals surface area contributed by atoms with Crippen molar-refractivity contribution < 1.29 is 4.74 Å². The molecule has 0 saturated carbocycles. The van der Waals surface area contributed by atoms with Gasteiger partial charge in [-0.2, -0.15) is 0 Å². The minimum absolute atomic E-state index is 0.837. The van der Waals surface area contributed by atoms with Crippen molar-refractivity contribution in [3.63, 3.8) is 0 Å². The highest BCUT2D eigenvalue weighted by molar-refractivity contribution is 5.61. The van der Waals surface area contributed by atoms with Gasteiger partial charge in [0.05, 0.1) is 19.5 Å². The maximum Gasteiger partial charge on any atom is 0.118 e. The van der Waals surface area contributed by atoms with Crippen LogP contribution in [0.3, 0.4) is 0 Å². The highest BCUT2D eigenvalue weighted by Gasteiger charge is 1.97. The zero-order chi connectivity index (χ0) is 9.80. The third kappa shape index (κ3) is 1.69. The molecule has 0 aliphatic rings. The molecule has 0 fully saturated rings. The van der Waals surface area contributed by atoms with Crippen LogP contribution < -0.4 is 4.74 Å². The number of rotatable bonds is 2. The summed E-state index contributed by atoms with van der Waals surface area (Å²) in [5, 5.41) is 10.9. The quantitative estimate of drug-likeness (QED) is 0.715. The highest BCUT2D eigenvalue weighted by atomic mass is 16.5. The second-order valence-electron chi connectivity index (χ2n) is 2.76. The molecule has 2 rings (SSSR count). The first kappa shape index (κ1) is 8.62. The summed E-state index contributed by atoms with van der Waals surface area (Å²) in [7, 11) is 1.64. The van der Waals surface area contributed by atoms with Crippen LogP contribution in [0.1, 0.15) is 0 Å². The molecule has 0 unspecified atom stereocenters. The van der Waals surface area contributed by atoms with Crippen molar-refractivity contribution in [3.05, 3.63) is 36.7 Å². The van der Waals surface area contributed by atoms with Crippen molar-refractivity contribution in [1.82, 2.24) is 15.4 Å². The van der Waals surface area contributed by atoms with E-state index in [9.17, 15) is 0 Å². The van der Waals surface area contributed by atoms with Crippen LogP contribution in [0, 0.1) is 0 Å². The summed E-state index contributed by atoms with van der Waals surface area (Å²) in [6.07, 6.45) is 3.35. The van der Waals surface area contributed by atoms with E-state index in [0.29, 0.717) is 0 Å². The Morgan fingerprint density at radius 2 is 1.57 bits per heavy atom. The lowest BCUT2D eigenvalue weighted by Crippen LogP contribution is -1.87. The molecule has 4 heteroatoms. The molecule has 1 heterocycles. The summed E-state index contributed by atoms with van der Waals surface area (Å²) >= 11 is 0. The lowest BCUT2D eigenvalue weighted by Gasteiger charge is -2.01. The number of hydrogen-bond donors (Lipinski definition) is 0. The lowest BCUT2D eigenvalue weighted by atomic mass is 10.1. The van der Waals surface area contributed by atoms with Gasteiger partial charge in [-0.05, 0) is 22.9 Å². The summed E-state index contributed by atoms with van der Waals surface area (Å²) in [6.45, 7) is 0. The standard InChI is InChI=1S/C10H9N3O/c1-14-10-4-2-8(3-5-10)9-6-11-13-12-7-9/h2-7H,1H3. The summed E-state index contributed by atoms with van der Waals surface area (Å²) in [5.74, 6) is 0.837. The maximum absolute atomic E-state index is 5.06. The Balaban J connectivity index is 2.34. The number of benzene rings is 1. The molecule has 0 bridgehead atoms. The average molecular weight is 187 g/mol. The first-order chi connectivity index (χ1) is 6.90. The fourth-order valence-electron chi connectivity index (χ4n) is 1.17. The van der Waals surface area contributed by atoms with Gasteiger partial charge in [-0.3, -0.25) is 0 Å². The van der Waals surface area contributed by atoms with Gasteiger partial charge in [-0.1, -0.05) is 12.1 Å². The predicted molar refractivity (Wildman–Crippen MR) is 51.8 cm³/mol. The van der Waals surface area contributed by atoms with Gasteiger partial charge >= 0.3 is 0 Å². The predicted octanol–water partition coefficient (Wildman–Crippen LogP) is 1.55. The van der Waals surface area contributed by atoms with Crippen LogP contribution in [0.4, 0.5) is 0 Å². The molecule has 4 nitrogen and oxygen atoms in total. The highest BCUT2D eigenvalue weighted by Crippen LogP contribution is 2.20. The number of hydrogen-bond acceptors (Lipinski definition) is 4. The fraction of sp³-hybridized carbons (Fsp3) is 0.100. The molecule has 0 radical (unpaired) electrons. The van der Waals surface area contributed by atoms with Crippen molar-refractivity contribution in [2.45, 2.75) is 0 Å². The van der Waals surface area contributed by atoms with Crippen LogP contribution in [0.15, 0.2) is 36.7 Å². The van der Waals surface area contributed by atoms with Crippen molar-refractivity contribution in [2.24, 2.45) is 0 Å². The molecule has 0 atom stereocenters. The van der Waals surface area contributed by atoms with Crippen molar-refractivity contribution in [2.75, 3.05) is 7.11 Å². The molecule has 0 N–H and O–H groups in total. The van der Waals surface area contributed by atoms with Crippen molar-refractivity contribution in [3.8, 4) is 16.9 Å². The molecular formula is C10H9N3O. The van der Waals surface area contributed by atoms with E-state index in [0.717, 1.165) is 16.9 Å². The van der Waals surface area contributed by atoms with Crippen molar-refractivity contribution >= 4 is 0 Å². The molecule has 70 valence electrons. The monoisotopic (exact) mass is 187 g/mol. The van der Waals surface area contributed by atoms with Crippen LogP contribution in [-0.2, 0) is 0 Å². The smallest absolute Gasteiger partial charge is 0.118 e.